The van der Waals surface area contributed by atoms with Crippen LogP contribution in [0.5, 0.6) is 0 Å². The second-order valence-electron chi connectivity index (χ2n) is 6.18. The normalized spacial score (nSPS) is 23.7. The molecule has 6 nitrogen and oxygen atoms in total. The molecule has 122 valence electrons. The van der Waals surface area contributed by atoms with Gasteiger partial charge in [0.05, 0.1) is 11.8 Å². The van der Waals surface area contributed by atoms with Crippen molar-refractivity contribution in [3.63, 3.8) is 0 Å². The molecule has 6 heteroatoms. The second-order valence-corrected chi connectivity index (χ2v) is 6.18. The predicted octanol–water partition coefficient (Wildman–Crippen LogP) is 0.915. The summed E-state index contributed by atoms with van der Waals surface area (Å²) in [5, 5.41) is 2.76. The number of likely N-dealkylation sites (tertiary alicyclic amines) is 1. The zero-order chi connectivity index (χ0) is 16.2. The first-order valence-corrected chi connectivity index (χ1v) is 8.18. The van der Waals surface area contributed by atoms with Gasteiger partial charge in [-0.1, -0.05) is 18.9 Å². The van der Waals surface area contributed by atoms with Crippen LogP contribution >= 0.6 is 0 Å². The number of fused-ring (bicyclic) bond motifs is 1. The highest BCUT2D eigenvalue weighted by molar-refractivity contribution is 6.07. The molecule has 2 fully saturated rings. The van der Waals surface area contributed by atoms with E-state index >= 15 is 0 Å². The standard InChI is InChI=1S/C17H21N3O3/c21-15(19-10-8-12-5-3-4-9-18-12)11-20-16(22)13-6-1-2-7-14(13)17(20)23/h3-5,9,13-14H,1-2,6-8,10-11H2,(H,19,21). The number of amides is 3. The Bertz CT molecular complexity index is 578. The van der Waals surface area contributed by atoms with Gasteiger partial charge < -0.3 is 5.32 Å². The van der Waals surface area contributed by atoms with Gasteiger partial charge in [-0.25, -0.2) is 0 Å². The molecular weight excluding hydrogens is 294 g/mol. The van der Waals surface area contributed by atoms with Gasteiger partial charge in [0.2, 0.25) is 17.7 Å². The molecule has 2 aliphatic rings. The predicted molar refractivity (Wildman–Crippen MR) is 83.1 cm³/mol. The summed E-state index contributed by atoms with van der Waals surface area (Å²) in [5.74, 6) is -1.02. The SMILES string of the molecule is O=C(CN1C(=O)C2CCCCC2C1=O)NCCc1ccccn1. The fraction of sp³-hybridized carbons (Fsp3) is 0.529. The third-order valence-electron chi connectivity index (χ3n) is 4.66. The first-order chi connectivity index (χ1) is 11.2. The summed E-state index contributed by atoms with van der Waals surface area (Å²) in [4.78, 5) is 41.9. The molecule has 2 heterocycles. The molecule has 23 heavy (non-hydrogen) atoms. The van der Waals surface area contributed by atoms with Crippen LogP contribution in [-0.4, -0.2) is 40.7 Å². The highest BCUT2D eigenvalue weighted by Gasteiger charge is 2.48. The van der Waals surface area contributed by atoms with E-state index in [4.69, 9.17) is 0 Å². The maximum atomic E-state index is 12.3. The van der Waals surface area contributed by atoms with Crippen molar-refractivity contribution in [3.05, 3.63) is 30.1 Å². The fourth-order valence-electron chi connectivity index (χ4n) is 3.46. The summed E-state index contributed by atoms with van der Waals surface area (Å²) < 4.78 is 0. The number of aromatic nitrogens is 1. The Labute approximate surface area is 135 Å². The molecule has 1 aromatic heterocycles. The summed E-state index contributed by atoms with van der Waals surface area (Å²) in [6.45, 7) is 0.284. The van der Waals surface area contributed by atoms with Crippen LogP contribution in [0.1, 0.15) is 31.4 Å². The second kappa shape index (κ2) is 6.89. The molecule has 1 aromatic rings. The lowest BCUT2D eigenvalue weighted by Gasteiger charge is -2.19. The van der Waals surface area contributed by atoms with Crippen molar-refractivity contribution in [2.45, 2.75) is 32.1 Å². The third-order valence-corrected chi connectivity index (χ3v) is 4.66. The first kappa shape index (κ1) is 15.6. The Hall–Kier alpha value is -2.24. The molecule has 0 aromatic carbocycles. The first-order valence-electron chi connectivity index (χ1n) is 8.18. The fourth-order valence-corrected chi connectivity index (χ4v) is 3.46. The van der Waals surface area contributed by atoms with E-state index in [-0.39, 0.29) is 36.1 Å². The molecule has 1 saturated carbocycles. The number of carbonyl (C=O) groups is 3. The number of imide groups is 1. The Morgan fingerprint density at radius 2 is 1.87 bits per heavy atom. The number of nitrogens with one attached hydrogen (secondary N) is 1. The summed E-state index contributed by atoms with van der Waals surface area (Å²) in [6, 6.07) is 5.63. The van der Waals surface area contributed by atoms with Crippen molar-refractivity contribution in [1.29, 1.82) is 0 Å². The Balaban J connectivity index is 1.49. The van der Waals surface area contributed by atoms with Crippen LogP contribution in [0.4, 0.5) is 0 Å². The lowest BCUT2D eigenvalue weighted by Crippen LogP contribution is -2.41. The Kier molecular flexibility index (Phi) is 4.69. The largest absolute Gasteiger partial charge is 0.354 e. The Morgan fingerprint density at radius 3 is 2.48 bits per heavy atom. The lowest BCUT2D eigenvalue weighted by atomic mass is 9.81. The van der Waals surface area contributed by atoms with E-state index in [0.717, 1.165) is 36.3 Å². The number of carbonyl (C=O) groups excluding carboxylic acids is 3. The topological polar surface area (TPSA) is 79.4 Å². The van der Waals surface area contributed by atoms with Crippen LogP contribution in [0.15, 0.2) is 24.4 Å². The molecular formula is C17H21N3O3. The van der Waals surface area contributed by atoms with Crippen LogP contribution in [0.25, 0.3) is 0 Å². The molecule has 3 rings (SSSR count). The minimum atomic E-state index is -0.290. The van der Waals surface area contributed by atoms with Gasteiger partial charge in [-0.3, -0.25) is 24.3 Å². The van der Waals surface area contributed by atoms with Crippen LogP contribution < -0.4 is 5.32 Å². The number of hydrogen-bond acceptors (Lipinski definition) is 4. The van der Waals surface area contributed by atoms with E-state index in [1.165, 1.54) is 0 Å². The summed E-state index contributed by atoms with van der Waals surface area (Å²) in [7, 11) is 0. The zero-order valence-electron chi connectivity index (χ0n) is 13.0. The molecule has 0 spiro atoms. The molecule has 1 N–H and O–H groups in total. The molecule has 2 atom stereocenters. The average Bonchev–Trinajstić information content (AvgIpc) is 2.81. The van der Waals surface area contributed by atoms with E-state index in [0.29, 0.717) is 13.0 Å². The van der Waals surface area contributed by atoms with E-state index in [9.17, 15) is 14.4 Å². The van der Waals surface area contributed by atoms with Gasteiger partial charge in [0.25, 0.3) is 0 Å². The van der Waals surface area contributed by atoms with Gasteiger partial charge in [-0.2, -0.15) is 0 Å². The van der Waals surface area contributed by atoms with Gasteiger partial charge in [-0.15, -0.1) is 0 Å². The van der Waals surface area contributed by atoms with E-state index in [2.05, 4.69) is 10.3 Å². The van der Waals surface area contributed by atoms with E-state index in [1.807, 2.05) is 18.2 Å². The minimum Gasteiger partial charge on any atom is -0.354 e. The van der Waals surface area contributed by atoms with Gasteiger partial charge in [0.1, 0.15) is 6.54 Å². The average molecular weight is 315 g/mol. The molecule has 1 saturated heterocycles. The van der Waals surface area contributed by atoms with Crippen LogP contribution in [0.3, 0.4) is 0 Å². The van der Waals surface area contributed by atoms with Gasteiger partial charge in [-0.05, 0) is 25.0 Å². The smallest absolute Gasteiger partial charge is 0.240 e. The molecule has 3 amide bonds. The maximum Gasteiger partial charge on any atom is 0.240 e. The van der Waals surface area contributed by atoms with Crippen LogP contribution in [0, 0.1) is 11.8 Å². The number of hydrogen-bond donors (Lipinski definition) is 1. The van der Waals surface area contributed by atoms with Crippen molar-refractivity contribution in [2.75, 3.05) is 13.1 Å². The van der Waals surface area contributed by atoms with Crippen molar-refractivity contribution in [1.82, 2.24) is 15.2 Å². The maximum absolute atomic E-state index is 12.3. The van der Waals surface area contributed by atoms with Gasteiger partial charge in [0.15, 0.2) is 0 Å². The molecule has 0 bridgehead atoms. The third kappa shape index (κ3) is 3.41. The molecule has 1 aliphatic heterocycles. The van der Waals surface area contributed by atoms with E-state index < -0.39 is 0 Å². The molecule has 1 aliphatic carbocycles. The van der Waals surface area contributed by atoms with Crippen molar-refractivity contribution >= 4 is 17.7 Å². The Morgan fingerprint density at radius 1 is 1.17 bits per heavy atom. The van der Waals surface area contributed by atoms with E-state index in [1.54, 1.807) is 6.20 Å². The minimum absolute atomic E-state index is 0.160. The van der Waals surface area contributed by atoms with Crippen molar-refractivity contribution < 1.29 is 14.4 Å². The summed E-state index contributed by atoms with van der Waals surface area (Å²) >= 11 is 0. The quantitative estimate of drug-likeness (QED) is 0.819. The van der Waals surface area contributed by atoms with Crippen LogP contribution in [0.2, 0.25) is 0 Å². The van der Waals surface area contributed by atoms with Gasteiger partial charge in [0, 0.05) is 24.9 Å². The highest BCUT2D eigenvalue weighted by Crippen LogP contribution is 2.37. The monoisotopic (exact) mass is 315 g/mol. The molecule has 0 radical (unpaired) electrons. The highest BCUT2D eigenvalue weighted by atomic mass is 16.2. The molecule has 2 unspecified atom stereocenters. The summed E-state index contributed by atoms with van der Waals surface area (Å²) in [6.07, 6.45) is 5.86. The number of rotatable bonds is 5. The summed E-state index contributed by atoms with van der Waals surface area (Å²) in [5.41, 5.74) is 0.896. The van der Waals surface area contributed by atoms with Crippen molar-refractivity contribution in [2.24, 2.45) is 11.8 Å². The number of pyridine rings is 1. The van der Waals surface area contributed by atoms with Crippen molar-refractivity contribution in [3.8, 4) is 0 Å². The zero-order valence-corrected chi connectivity index (χ0v) is 13.0. The van der Waals surface area contributed by atoms with Crippen LogP contribution in [-0.2, 0) is 20.8 Å². The number of nitrogens with zero attached hydrogens (tertiary/aromatic N) is 2. The van der Waals surface area contributed by atoms with Gasteiger partial charge >= 0.3 is 0 Å². The lowest BCUT2D eigenvalue weighted by molar-refractivity contribution is -0.143.